The number of fused-ring (bicyclic) bond motifs is 1. The SMILES string of the molecule is CC1Cn2ncc(-c3ccc(F)cn3)c2CN1C(=O)Cc1ccc(F)c(C2CC2)c1. The number of hydrogen-bond donors (Lipinski definition) is 0. The zero-order valence-electron chi connectivity index (χ0n) is 16.7. The highest BCUT2D eigenvalue weighted by Gasteiger charge is 2.31. The summed E-state index contributed by atoms with van der Waals surface area (Å²) in [6, 6.07) is 8.00. The van der Waals surface area contributed by atoms with Crippen molar-refractivity contribution in [2.24, 2.45) is 0 Å². The second-order valence-corrected chi connectivity index (χ2v) is 8.23. The number of amides is 1. The molecular weight excluding hydrogens is 386 g/mol. The zero-order chi connectivity index (χ0) is 20.8. The van der Waals surface area contributed by atoms with Gasteiger partial charge < -0.3 is 4.90 Å². The van der Waals surface area contributed by atoms with Gasteiger partial charge in [-0.05, 0) is 55.0 Å². The third-order valence-electron chi connectivity index (χ3n) is 5.99. The van der Waals surface area contributed by atoms with Crippen molar-refractivity contribution in [3.8, 4) is 11.3 Å². The quantitative estimate of drug-likeness (QED) is 0.654. The van der Waals surface area contributed by atoms with E-state index in [1.54, 1.807) is 18.3 Å². The molecule has 1 aliphatic heterocycles. The number of halogens is 2. The van der Waals surface area contributed by atoms with E-state index in [0.29, 0.717) is 24.7 Å². The summed E-state index contributed by atoms with van der Waals surface area (Å²) in [5.74, 6) is -0.272. The average Bonchev–Trinajstić information content (AvgIpc) is 3.49. The van der Waals surface area contributed by atoms with E-state index in [1.165, 1.54) is 18.3 Å². The highest BCUT2D eigenvalue weighted by Crippen LogP contribution is 2.41. The monoisotopic (exact) mass is 408 g/mol. The fourth-order valence-corrected chi connectivity index (χ4v) is 4.17. The predicted molar refractivity (Wildman–Crippen MR) is 108 cm³/mol. The second kappa shape index (κ2) is 7.31. The molecule has 3 heterocycles. The molecule has 154 valence electrons. The summed E-state index contributed by atoms with van der Waals surface area (Å²) in [5, 5.41) is 4.43. The molecule has 0 saturated heterocycles. The van der Waals surface area contributed by atoms with E-state index in [1.807, 2.05) is 22.6 Å². The minimum Gasteiger partial charge on any atom is -0.332 e. The average molecular weight is 408 g/mol. The minimum absolute atomic E-state index is 0.00122. The smallest absolute Gasteiger partial charge is 0.227 e. The van der Waals surface area contributed by atoms with Crippen LogP contribution < -0.4 is 0 Å². The number of pyridine rings is 1. The molecule has 2 aromatic heterocycles. The zero-order valence-corrected chi connectivity index (χ0v) is 16.7. The second-order valence-electron chi connectivity index (χ2n) is 8.23. The molecule has 0 bridgehead atoms. The maximum atomic E-state index is 14.0. The van der Waals surface area contributed by atoms with Gasteiger partial charge in [0.2, 0.25) is 5.91 Å². The molecule has 1 saturated carbocycles. The molecule has 30 heavy (non-hydrogen) atoms. The van der Waals surface area contributed by atoms with Gasteiger partial charge >= 0.3 is 0 Å². The lowest BCUT2D eigenvalue weighted by molar-refractivity contribution is -0.134. The summed E-state index contributed by atoms with van der Waals surface area (Å²) < 4.78 is 29.2. The molecule has 1 unspecified atom stereocenters. The number of carbonyl (C=O) groups excluding carboxylic acids is 1. The maximum Gasteiger partial charge on any atom is 0.227 e. The first kappa shape index (κ1) is 18.9. The first-order chi connectivity index (χ1) is 14.5. The summed E-state index contributed by atoms with van der Waals surface area (Å²) in [6.07, 6.45) is 5.17. The summed E-state index contributed by atoms with van der Waals surface area (Å²) in [5.41, 5.74) is 3.90. The predicted octanol–water partition coefficient (Wildman–Crippen LogP) is 4.07. The standard InChI is InChI=1S/C23H22F2N4O/c1-14-12-29-22(19(11-27-29)21-7-5-17(24)10-26-21)13-28(14)23(30)9-15-2-6-20(25)18(8-15)16-3-4-16/h2,5-8,10-11,14,16H,3-4,9,12-13H2,1H3. The topological polar surface area (TPSA) is 51.0 Å². The van der Waals surface area contributed by atoms with E-state index in [-0.39, 0.29) is 24.2 Å². The Labute approximate surface area is 173 Å². The van der Waals surface area contributed by atoms with Gasteiger partial charge in [-0.1, -0.05) is 12.1 Å². The van der Waals surface area contributed by atoms with Gasteiger partial charge in [0.1, 0.15) is 11.6 Å². The Hall–Kier alpha value is -3.09. The molecule has 3 aromatic rings. The van der Waals surface area contributed by atoms with Crippen LogP contribution >= 0.6 is 0 Å². The van der Waals surface area contributed by atoms with Gasteiger partial charge in [0.25, 0.3) is 0 Å². The van der Waals surface area contributed by atoms with Gasteiger partial charge in [0.15, 0.2) is 0 Å². The Morgan fingerprint density at radius 3 is 2.73 bits per heavy atom. The summed E-state index contributed by atoms with van der Waals surface area (Å²) in [7, 11) is 0. The molecule has 1 fully saturated rings. The Morgan fingerprint density at radius 1 is 1.17 bits per heavy atom. The molecule has 0 N–H and O–H groups in total. The third kappa shape index (κ3) is 3.49. The van der Waals surface area contributed by atoms with E-state index in [9.17, 15) is 13.6 Å². The number of rotatable bonds is 4. The van der Waals surface area contributed by atoms with Crippen molar-refractivity contribution in [2.75, 3.05) is 0 Å². The van der Waals surface area contributed by atoms with Crippen molar-refractivity contribution in [3.05, 3.63) is 71.2 Å². The highest BCUT2D eigenvalue weighted by atomic mass is 19.1. The molecule has 7 heteroatoms. The van der Waals surface area contributed by atoms with Crippen molar-refractivity contribution in [1.29, 1.82) is 0 Å². The number of hydrogen-bond acceptors (Lipinski definition) is 3. The van der Waals surface area contributed by atoms with Crippen LogP contribution in [0.25, 0.3) is 11.3 Å². The van der Waals surface area contributed by atoms with Gasteiger partial charge in [-0.3, -0.25) is 14.5 Å². The van der Waals surface area contributed by atoms with Crippen LogP contribution in [-0.2, 0) is 24.3 Å². The Kier molecular flexibility index (Phi) is 4.60. The lowest BCUT2D eigenvalue weighted by Gasteiger charge is -2.34. The van der Waals surface area contributed by atoms with E-state index < -0.39 is 5.82 Å². The van der Waals surface area contributed by atoms with Crippen molar-refractivity contribution >= 4 is 5.91 Å². The van der Waals surface area contributed by atoms with E-state index in [2.05, 4.69) is 10.1 Å². The lowest BCUT2D eigenvalue weighted by atomic mass is 10.0. The number of benzene rings is 1. The van der Waals surface area contributed by atoms with Crippen LogP contribution in [0.15, 0.2) is 42.7 Å². The van der Waals surface area contributed by atoms with Crippen molar-refractivity contribution in [1.82, 2.24) is 19.7 Å². The first-order valence-electron chi connectivity index (χ1n) is 10.2. The van der Waals surface area contributed by atoms with Crippen LogP contribution in [0.3, 0.4) is 0 Å². The number of carbonyl (C=O) groups is 1. The van der Waals surface area contributed by atoms with Crippen LogP contribution in [-0.4, -0.2) is 31.6 Å². The molecular formula is C23H22F2N4O. The van der Waals surface area contributed by atoms with Crippen LogP contribution in [0.4, 0.5) is 8.78 Å². The molecule has 1 amide bonds. The number of nitrogens with zero attached hydrogens (tertiary/aromatic N) is 4. The summed E-state index contributed by atoms with van der Waals surface area (Å²) in [4.78, 5) is 19.1. The van der Waals surface area contributed by atoms with Gasteiger partial charge in [-0.15, -0.1) is 0 Å². The van der Waals surface area contributed by atoms with E-state index in [0.717, 1.165) is 35.2 Å². The van der Waals surface area contributed by atoms with Crippen LogP contribution in [0.1, 0.15) is 42.5 Å². The van der Waals surface area contributed by atoms with Crippen LogP contribution in [0.5, 0.6) is 0 Å². The molecule has 5 rings (SSSR count). The normalized spacial score (nSPS) is 18.4. The van der Waals surface area contributed by atoms with Gasteiger partial charge in [-0.2, -0.15) is 5.10 Å². The number of aromatic nitrogens is 3. The maximum absolute atomic E-state index is 14.0. The Bertz CT molecular complexity index is 1100. The van der Waals surface area contributed by atoms with Gasteiger partial charge in [0, 0.05) is 11.6 Å². The van der Waals surface area contributed by atoms with Crippen LogP contribution in [0.2, 0.25) is 0 Å². The Balaban J connectivity index is 1.38. The largest absolute Gasteiger partial charge is 0.332 e. The minimum atomic E-state index is -0.393. The summed E-state index contributed by atoms with van der Waals surface area (Å²) in [6.45, 7) is 2.99. The van der Waals surface area contributed by atoms with Crippen molar-refractivity contribution in [3.63, 3.8) is 0 Å². The molecule has 1 atom stereocenters. The van der Waals surface area contributed by atoms with E-state index in [4.69, 9.17) is 0 Å². The molecule has 1 aromatic carbocycles. The Morgan fingerprint density at radius 2 is 2.00 bits per heavy atom. The molecule has 2 aliphatic rings. The fourth-order valence-electron chi connectivity index (χ4n) is 4.17. The first-order valence-corrected chi connectivity index (χ1v) is 10.2. The van der Waals surface area contributed by atoms with E-state index >= 15 is 0 Å². The van der Waals surface area contributed by atoms with Crippen molar-refractivity contribution in [2.45, 2.75) is 51.2 Å². The lowest BCUT2D eigenvalue weighted by Crippen LogP contribution is -2.45. The fraction of sp³-hybridized carbons (Fsp3) is 0.348. The molecule has 0 radical (unpaired) electrons. The molecule has 0 spiro atoms. The molecule has 5 nitrogen and oxygen atoms in total. The summed E-state index contributed by atoms with van der Waals surface area (Å²) >= 11 is 0. The highest BCUT2D eigenvalue weighted by molar-refractivity contribution is 5.79. The van der Waals surface area contributed by atoms with Gasteiger partial charge in [-0.25, -0.2) is 8.78 Å². The van der Waals surface area contributed by atoms with Gasteiger partial charge in [0.05, 0.1) is 43.3 Å². The molecule has 1 aliphatic carbocycles. The van der Waals surface area contributed by atoms with Crippen LogP contribution in [0, 0.1) is 11.6 Å². The third-order valence-corrected chi connectivity index (χ3v) is 5.99. The van der Waals surface area contributed by atoms with Crippen molar-refractivity contribution < 1.29 is 13.6 Å².